The lowest BCUT2D eigenvalue weighted by Gasteiger charge is -2.16. The van der Waals surface area contributed by atoms with Crippen LogP contribution in [0.5, 0.6) is 0 Å². The SMILES string of the molecule is Cc1ccncc1C(NN)c1cc(C)c(C)s1. The molecule has 0 amide bonds. The maximum Gasteiger partial charge on any atom is 0.0820 e. The summed E-state index contributed by atoms with van der Waals surface area (Å²) in [5, 5.41) is 0. The van der Waals surface area contributed by atoms with Gasteiger partial charge in [0.2, 0.25) is 0 Å². The number of nitrogens with zero attached hydrogens (tertiary/aromatic N) is 1. The Kier molecular flexibility index (Phi) is 3.57. The predicted molar refractivity (Wildman–Crippen MR) is 71.9 cm³/mol. The standard InChI is InChI=1S/C13H17N3S/c1-8-4-5-15-7-11(8)13(16-14)12-6-9(2)10(3)17-12/h4-7,13,16H,14H2,1-3H3. The summed E-state index contributed by atoms with van der Waals surface area (Å²) in [5.41, 5.74) is 6.53. The zero-order valence-electron chi connectivity index (χ0n) is 10.3. The summed E-state index contributed by atoms with van der Waals surface area (Å²) in [6.07, 6.45) is 3.68. The van der Waals surface area contributed by atoms with Gasteiger partial charge >= 0.3 is 0 Å². The average molecular weight is 247 g/mol. The quantitative estimate of drug-likeness (QED) is 0.647. The van der Waals surface area contributed by atoms with Crippen molar-refractivity contribution in [2.24, 2.45) is 5.84 Å². The fourth-order valence-corrected chi connectivity index (χ4v) is 2.97. The van der Waals surface area contributed by atoms with Crippen LogP contribution in [0.3, 0.4) is 0 Å². The van der Waals surface area contributed by atoms with Gasteiger partial charge < -0.3 is 0 Å². The third-order valence-electron chi connectivity index (χ3n) is 3.03. The highest BCUT2D eigenvalue weighted by Crippen LogP contribution is 2.31. The van der Waals surface area contributed by atoms with Crippen LogP contribution in [0.4, 0.5) is 0 Å². The van der Waals surface area contributed by atoms with Crippen molar-refractivity contribution >= 4 is 11.3 Å². The van der Waals surface area contributed by atoms with E-state index in [9.17, 15) is 0 Å². The Labute approximate surface area is 106 Å². The van der Waals surface area contributed by atoms with E-state index >= 15 is 0 Å². The Bertz CT molecular complexity index is 500. The van der Waals surface area contributed by atoms with E-state index in [0.717, 1.165) is 5.56 Å². The Morgan fingerprint density at radius 3 is 2.59 bits per heavy atom. The molecule has 0 radical (unpaired) electrons. The van der Waals surface area contributed by atoms with Gasteiger partial charge in [0.1, 0.15) is 0 Å². The van der Waals surface area contributed by atoms with E-state index in [1.54, 1.807) is 17.5 Å². The molecular weight excluding hydrogens is 230 g/mol. The van der Waals surface area contributed by atoms with Crippen molar-refractivity contribution in [1.82, 2.24) is 10.4 Å². The molecule has 90 valence electrons. The van der Waals surface area contributed by atoms with Gasteiger partial charge in [-0.15, -0.1) is 11.3 Å². The molecule has 4 heteroatoms. The molecule has 0 aliphatic heterocycles. The van der Waals surface area contributed by atoms with E-state index < -0.39 is 0 Å². The second-order valence-corrected chi connectivity index (χ2v) is 5.51. The van der Waals surface area contributed by atoms with Gasteiger partial charge in [0.05, 0.1) is 6.04 Å². The summed E-state index contributed by atoms with van der Waals surface area (Å²) in [4.78, 5) is 6.75. The minimum Gasteiger partial charge on any atom is -0.271 e. The molecule has 3 N–H and O–H groups in total. The molecule has 2 aromatic heterocycles. The fourth-order valence-electron chi connectivity index (χ4n) is 1.85. The van der Waals surface area contributed by atoms with Crippen LogP contribution in [0.2, 0.25) is 0 Å². The first kappa shape index (κ1) is 12.2. The Morgan fingerprint density at radius 2 is 2.06 bits per heavy atom. The highest BCUT2D eigenvalue weighted by molar-refractivity contribution is 7.12. The van der Waals surface area contributed by atoms with Gasteiger partial charge in [-0.05, 0) is 49.6 Å². The van der Waals surface area contributed by atoms with E-state index in [-0.39, 0.29) is 6.04 Å². The van der Waals surface area contributed by atoms with Crippen LogP contribution in [0, 0.1) is 20.8 Å². The number of pyridine rings is 1. The topological polar surface area (TPSA) is 50.9 Å². The van der Waals surface area contributed by atoms with E-state index in [4.69, 9.17) is 5.84 Å². The van der Waals surface area contributed by atoms with Crippen molar-refractivity contribution in [1.29, 1.82) is 0 Å². The third kappa shape index (κ3) is 2.39. The number of hydrogen-bond donors (Lipinski definition) is 2. The molecule has 1 atom stereocenters. The van der Waals surface area contributed by atoms with Crippen LogP contribution in [-0.4, -0.2) is 4.98 Å². The van der Waals surface area contributed by atoms with Crippen molar-refractivity contribution in [2.45, 2.75) is 26.8 Å². The molecule has 2 aromatic rings. The maximum atomic E-state index is 5.69. The molecule has 0 saturated carbocycles. The van der Waals surface area contributed by atoms with Crippen LogP contribution >= 0.6 is 11.3 Å². The van der Waals surface area contributed by atoms with E-state index in [0.29, 0.717) is 0 Å². The van der Waals surface area contributed by atoms with Crippen molar-refractivity contribution in [3.63, 3.8) is 0 Å². The highest BCUT2D eigenvalue weighted by Gasteiger charge is 2.17. The summed E-state index contributed by atoms with van der Waals surface area (Å²) in [5.74, 6) is 5.69. The molecule has 2 heterocycles. The first-order valence-electron chi connectivity index (χ1n) is 5.57. The Balaban J connectivity index is 2.44. The number of aryl methyl sites for hydroxylation is 3. The Hall–Kier alpha value is -1.23. The average Bonchev–Trinajstić information content (AvgIpc) is 2.63. The summed E-state index contributed by atoms with van der Waals surface area (Å²) >= 11 is 1.78. The number of rotatable bonds is 3. The monoisotopic (exact) mass is 247 g/mol. The maximum absolute atomic E-state index is 5.69. The molecule has 2 rings (SSSR count). The summed E-state index contributed by atoms with van der Waals surface area (Å²) in [6.45, 7) is 6.33. The normalized spacial score (nSPS) is 12.7. The molecule has 0 aliphatic carbocycles. The number of thiophene rings is 1. The molecular formula is C13H17N3S. The number of aromatic nitrogens is 1. The Morgan fingerprint density at radius 1 is 1.29 bits per heavy atom. The van der Waals surface area contributed by atoms with E-state index in [2.05, 4.69) is 37.2 Å². The first-order valence-corrected chi connectivity index (χ1v) is 6.38. The van der Waals surface area contributed by atoms with Crippen LogP contribution in [0.1, 0.15) is 32.5 Å². The van der Waals surface area contributed by atoms with Crippen LogP contribution in [0.15, 0.2) is 24.5 Å². The lowest BCUT2D eigenvalue weighted by atomic mass is 10.0. The molecule has 1 unspecified atom stereocenters. The number of hydrazine groups is 1. The zero-order chi connectivity index (χ0) is 12.4. The van der Waals surface area contributed by atoms with Gasteiger partial charge in [-0.3, -0.25) is 10.8 Å². The molecule has 3 nitrogen and oxygen atoms in total. The van der Waals surface area contributed by atoms with Crippen LogP contribution in [-0.2, 0) is 0 Å². The van der Waals surface area contributed by atoms with E-state index in [1.807, 2.05) is 12.3 Å². The summed E-state index contributed by atoms with van der Waals surface area (Å²) in [7, 11) is 0. The van der Waals surface area contributed by atoms with Crippen LogP contribution < -0.4 is 11.3 Å². The molecule has 0 aromatic carbocycles. The van der Waals surface area contributed by atoms with Gasteiger partial charge in [0, 0.05) is 22.1 Å². The fraction of sp³-hybridized carbons (Fsp3) is 0.308. The van der Waals surface area contributed by atoms with Gasteiger partial charge in [0.25, 0.3) is 0 Å². The first-order chi connectivity index (χ1) is 8.13. The molecule has 0 spiro atoms. The van der Waals surface area contributed by atoms with Crippen molar-refractivity contribution in [3.05, 3.63) is 51.0 Å². The number of nitrogens with two attached hydrogens (primary N) is 1. The van der Waals surface area contributed by atoms with Gasteiger partial charge in [-0.2, -0.15) is 0 Å². The largest absolute Gasteiger partial charge is 0.271 e. The van der Waals surface area contributed by atoms with Crippen molar-refractivity contribution < 1.29 is 0 Å². The van der Waals surface area contributed by atoms with Crippen LogP contribution in [0.25, 0.3) is 0 Å². The second kappa shape index (κ2) is 4.96. The summed E-state index contributed by atoms with van der Waals surface area (Å²) < 4.78 is 0. The predicted octanol–water partition coefficient (Wildman–Crippen LogP) is 2.62. The second-order valence-electron chi connectivity index (χ2n) is 4.22. The third-order valence-corrected chi connectivity index (χ3v) is 4.24. The molecule has 0 aliphatic rings. The minimum absolute atomic E-state index is 0.0288. The number of hydrogen-bond acceptors (Lipinski definition) is 4. The van der Waals surface area contributed by atoms with Crippen molar-refractivity contribution in [2.75, 3.05) is 0 Å². The highest BCUT2D eigenvalue weighted by atomic mass is 32.1. The molecule has 0 bridgehead atoms. The van der Waals surface area contributed by atoms with Gasteiger partial charge in [0.15, 0.2) is 0 Å². The van der Waals surface area contributed by atoms with Gasteiger partial charge in [-0.1, -0.05) is 0 Å². The van der Waals surface area contributed by atoms with E-state index in [1.165, 1.54) is 20.9 Å². The summed E-state index contributed by atoms with van der Waals surface area (Å²) in [6, 6.07) is 4.23. The number of nitrogens with one attached hydrogen (secondary N) is 1. The molecule has 0 fully saturated rings. The lowest BCUT2D eigenvalue weighted by Crippen LogP contribution is -2.28. The van der Waals surface area contributed by atoms with Gasteiger partial charge in [-0.25, -0.2) is 5.43 Å². The zero-order valence-corrected chi connectivity index (χ0v) is 11.1. The lowest BCUT2D eigenvalue weighted by molar-refractivity contribution is 0.640. The minimum atomic E-state index is 0.0288. The smallest absolute Gasteiger partial charge is 0.0820 e. The van der Waals surface area contributed by atoms with Crippen molar-refractivity contribution in [3.8, 4) is 0 Å². The molecule has 0 saturated heterocycles. The molecule has 17 heavy (non-hydrogen) atoms.